The van der Waals surface area contributed by atoms with E-state index in [2.05, 4.69) is 6.92 Å². The standard InChI is InChI=1S/C16H29ClO/c1-2-3-4-5-6-7-8-9-11-14-12-10-13-15(14)16(17)18/h14-15H,2-13H2,1H3/t14-,15-/m1/s1. The molecule has 1 aliphatic carbocycles. The Morgan fingerprint density at radius 3 is 2.22 bits per heavy atom. The van der Waals surface area contributed by atoms with Crippen LogP contribution in [0.5, 0.6) is 0 Å². The van der Waals surface area contributed by atoms with Crippen molar-refractivity contribution in [3.63, 3.8) is 0 Å². The topological polar surface area (TPSA) is 17.1 Å². The minimum absolute atomic E-state index is 0.0861. The van der Waals surface area contributed by atoms with Gasteiger partial charge in [0.05, 0.1) is 0 Å². The average Bonchev–Trinajstić information content (AvgIpc) is 2.81. The fourth-order valence-electron chi connectivity index (χ4n) is 3.22. The van der Waals surface area contributed by atoms with Gasteiger partial charge in [0, 0.05) is 5.92 Å². The number of carbonyl (C=O) groups excluding carboxylic acids is 1. The maximum Gasteiger partial charge on any atom is 0.224 e. The zero-order valence-corrected chi connectivity index (χ0v) is 12.7. The van der Waals surface area contributed by atoms with E-state index in [0.717, 1.165) is 6.42 Å². The van der Waals surface area contributed by atoms with E-state index in [9.17, 15) is 4.79 Å². The summed E-state index contributed by atoms with van der Waals surface area (Å²) in [5.41, 5.74) is 0. The molecule has 2 heteroatoms. The van der Waals surface area contributed by atoms with E-state index in [1.807, 2.05) is 0 Å². The van der Waals surface area contributed by atoms with Crippen molar-refractivity contribution < 1.29 is 4.79 Å². The van der Waals surface area contributed by atoms with E-state index in [1.165, 1.54) is 70.6 Å². The summed E-state index contributed by atoms with van der Waals surface area (Å²) in [6, 6.07) is 0. The molecule has 1 aliphatic rings. The quantitative estimate of drug-likeness (QED) is 0.368. The highest BCUT2D eigenvalue weighted by molar-refractivity contribution is 6.64. The molecule has 0 heterocycles. The lowest BCUT2D eigenvalue weighted by Gasteiger charge is -2.15. The summed E-state index contributed by atoms with van der Waals surface area (Å²) in [6.45, 7) is 2.26. The summed E-state index contributed by atoms with van der Waals surface area (Å²) < 4.78 is 0. The van der Waals surface area contributed by atoms with Crippen molar-refractivity contribution in [2.24, 2.45) is 11.8 Å². The van der Waals surface area contributed by atoms with Crippen molar-refractivity contribution in [2.75, 3.05) is 0 Å². The number of rotatable bonds is 10. The van der Waals surface area contributed by atoms with Gasteiger partial charge in [0.25, 0.3) is 0 Å². The third-order valence-electron chi connectivity index (χ3n) is 4.38. The van der Waals surface area contributed by atoms with Crippen LogP contribution in [0.3, 0.4) is 0 Å². The predicted molar refractivity (Wildman–Crippen MR) is 78.9 cm³/mol. The van der Waals surface area contributed by atoms with Crippen LogP contribution in [0, 0.1) is 11.8 Å². The maximum atomic E-state index is 11.3. The summed E-state index contributed by atoms with van der Waals surface area (Å²) in [4.78, 5) is 11.3. The van der Waals surface area contributed by atoms with Crippen LogP contribution in [0.4, 0.5) is 0 Å². The molecule has 0 amide bonds. The minimum atomic E-state index is -0.0861. The fraction of sp³-hybridized carbons (Fsp3) is 0.938. The summed E-state index contributed by atoms with van der Waals surface area (Å²) in [6.07, 6.45) is 15.6. The highest BCUT2D eigenvalue weighted by Crippen LogP contribution is 2.36. The summed E-state index contributed by atoms with van der Waals surface area (Å²) >= 11 is 5.65. The predicted octanol–water partition coefficient (Wildman–Crippen LogP) is 5.70. The highest BCUT2D eigenvalue weighted by Gasteiger charge is 2.31. The Bertz CT molecular complexity index is 227. The van der Waals surface area contributed by atoms with Crippen molar-refractivity contribution in [1.29, 1.82) is 0 Å². The summed E-state index contributed by atoms with van der Waals surface area (Å²) in [5.74, 6) is 0.770. The van der Waals surface area contributed by atoms with Gasteiger partial charge in [-0.05, 0) is 36.8 Å². The normalized spacial score (nSPS) is 23.4. The van der Waals surface area contributed by atoms with Crippen LogP contribution < -0.4 is 0 Å². The molecule has 0 saturated heterocycles. The van der Waals surface area contributed by atoms with E-state index in [-0.39, 0.29) is 11.2 Å². The minimum Gasteiger partial charge on any atom is -0.281 e. The van der Waals surface area contributed by atoms with Gasteiger partial charge in [0.15, 0.2) is 0 Å². The maximum absolute atomic E-state index is 11.3. The second kappa shape index (κ2) is 9.83. The van der Waals surface area contributed by atoms with Crippen LogP contribution >= 0.6 is 11.6 Å². The number of unbranched alkanes of at least 4 members (excludes halogenated alkanes) is 7. The van der Waals surface area contributed by atoms with Crippen molar-refractivity contribution in [3.8, 4) is 0 Å². The van der Waals surface area contributed by atoms with Crippen LogP contribution in [-0.4, -0.2) is 5.24 Å². The second-order valence-corrected chi connectivity index (χ2v) is 6.24. The lowest BCUT2D eigenvalue weighted by molar-refractivity contribution is -0.116. The number of hydrogen-bond acceptors (Lipinski definition) is 1. The van der Waals surface area contributed by atoms with E-state index < -0.39 is 0 Å². The molecule has 106 valence electrons. The molecule has 1 fully saturated rings. The molecular weight excluding hydrogens is 244 g/mol. The van der Waals surface area contributed by atoms with Crippen LogP contribution in [0.1, 0.15) is 84.0 Å². The van der Waals surface area contributed by atoms with Gasteiger partial charge >= 0.3 is 0 Å². The van der Waals surface area contributed by atoms with Gasteiger partial charge in [-0.1, -0.05) is 64.7 Å². The van der Waals surface area contributed by atoms with Gasteiger partial charge in [0.2, 0.25) is 5.24 Å². The van der Waals surface area contributed by atoms with E-state index >= 15 is 0 Å². The van der Waals surface area contributed by atoms with Crippen molar-refractivity contribution in [1.82, 2.24) is 0 Å². The zero-order valence-electron chi connectivity index (χ0n) is 11.9. The molecule has 0 aliphatic heterocycles. The molecule has 0 N–H and O–H groups in total. The Kier molecular flexibility index (Phi) is 8.75. The molecular formula is C16H29ClO. The monoisotopic (exact) mass is 272 g/mol. The smallest absolute Gasteiger partial charge is 0.224 e. The Labute approximate surface area is 118 Å². The lowest BCUT2D eigenvalue weighted by Crippen LogP contribution is -2.14. The van der Waals surface area contributed by atoms with E-state index in [1.54, 1.807) is 0 Å². The highest BCUT2D eigenvalue weighted by atomic mass is 35.5. The van der Waals surface area contributed by atoms with E-state index in [4.69, 9.17) is 11.6 Å². The largest absolute Gasteiger partial charge is 0.281 e. The van der Waals surface area contributed by atoms with Gasteiger partial charge in [-0.2, -0.15) is 0 Å². The molecule has 0 unspecified atom stereocenters. The Morgan fingerprint density at radius 1 is 1.00 bits per heavy atom. The molecule has 18 heavy (non-hydrogen) atoms. The molecule has 1 saturated carbocycles. The molecule has 0 aromatic carbocycles. The zero-order chi connectivity index (χ0) is 13.2. The van der Waals surface area contributed by atoms with Gasteiger partial charge in [-0.25, -0.2) is 0 Å². The molecule has 0 radical (unpaired) electrons. The molecule has 0 bridgehead atoms. The first-order valence-electron chi connectivity index (χ1n) is 7.95. The number of hydrogen-bond donors (Lipinski definition) is 0. The number of carbonyl (C=O) groups is 1. The van der Waals surface area contributed by atoms with Crippen LogP contribution in [-0.2, 0) is 4.79 Å². The molecule has 0 aromatic heterocycles. The van der Waals surface area contributed by atoms with Gasteiger partial charge in [-0.3, -0.25) is 4.79 Å². The van der Waals surface area contributed by atoms with Crippen molar-refractivity contribution in [3.05, 3.63) is 0 Å². The average molecular weight is 273 g/mol. The van der Waals surface area contributed by atoms with Gasteiger partial charge < -0.3 is 0 Å². The SMILES string of the molecule is CCCCCCCCCC[C@@H]1CCC[C@H]1C(=O)Cl. The third-order valence-corrected chi connectivity index (χ3v) is 4.66. The molecule has 1 nitrogen and oxygen atoms in total. The van der Waals surface area contributed by atoms with Crippen LogP contribution in [0.25, 0.3) is 0 Å². The molecule has 1 rings (SSSR count). The Hall–Kier alpha value is -0.0400. The Balaban J connectivity index is 1.96. The first-order valence-corrected chi connectivity index (χ1v) is 8.32. The van der Waals surface area contributed by atoms with Gasteiger partial charge in [-0.15, -0.1) is 0 Å². The summed E-state index contributed by atoms with van der Waals surface area (Å²) in [5, 5.41) is -0.0861. The molecule has 0 spiro atoms. The summed E-state index contributed by atoms with van der Waals surface area (Å²) in [7, 11) is 0. The van der Waals surface area contributed by atoms with Gasteiger partial charge in [0.1, 0.15) is 0 Å². The first kappa shape index (κ1) is 16.0. The van der Waals surface area contributed by atoms with E-state index in [0.29, 0.717) is 5.92 Å². The second-order valence-electron chi connectivity index (χ2n) is 5.87. The third kappa shape index (κ3) is 6.22. The van der Waals surface area contributed by atoms with Crippen LogP contribution in [0.15, 0.2) is 0 Å². The van der Waals surface area contributed by atoms with Crippen molar-refractivity contribution >= 4 is 16.8 Å². The fourth-order valence-corrected chi connectivity index (χ4v) is 3.51. The first-order chi connectivity index (χ1) is 8.75. The van der Waals surface area contributed by atoms with Crippen molar-refractivity contribution in [2.45, 2.75) is 84.0 Å². The molecule has 0 aromatic rings. The van der Waals surface area contributed by atoms with Crippen LogP contribution in [0.2, 0.25) is 0 Å². The molecule has 2 atom stereocenters. The Morgan fingerprint density at radius 2 is 1.61 bits per heavy atom. The lowest BCUT2D eigenvalue weighted by atomic mass is 9.91. The number of halogens is 1.